The van der Waals surface area contributed by atoms with E-state index in [1.54, 1.807) is 5.38 Å². The Hall–Kier alpha value is -2.64. The molecular weight excluding hydrogens is 468 g/mol. The molecule has 1 aromatic rings. The topological polar surface area (TPSA) is 147 Å². The van der Waals surface area contributed by atoms with E-state index in [-0.39, 0.29) is 22.2 Å². The van der Waals surface area contributed by atoms with Crippen LogP contribution in [0.1, 0.15) is 25.0 Å². The number of thiazole rings is 1. The molecule has 33 heavy (non-hydrogen) atoms. The Balaban J connectivity index is 1.51. The normalized spacial score (nSPS) is 24.7. The van der Waals surface area contributed by atoms with Gasteiger partial charge in [0, 0.05) is 16.7 Å². The Bertz CT molecular complexity index is 1030. The summed E-state index contributed by atoms with van der Waals surface area (Å²) in [5, 5.41) is 17.7. The SMILES string of the molecule is CO/N=C(\C(=O)NC1C(=O)N2C(C(=O)O)=C(C[N+]3(C)CCCCC3)CS[C@H]12)c1csc(N)n1. The number of likely N-dealkylation sites (tertiary alicyclic amines) is 1. The predicted octanol–water partition coefficient (Wildman–Crippen LogP) is 0.445. The number of fused-ring (bicyclic) bond motifs is 1. The Morgan fingerprint density at radius 1 is 1.39 bits per heavy atom. The summed E-state index contributed by atoms with van der Waals surface area (Å²) in [4.78, 5) is 48.1. The number of aromatic nitrogens is 1. The number of hydrogen-bond donors (Lipinski definition) is 3. The van der Waals surface area contributed by atoms with Crippen molar-refractivity contribution in [3.8, 4) is 0 Å². The molecule has 2 saturated heterocycles. The standard InChI is InChI=1S/C20H26N6O5S2/c1-26(6-4-3-5-7-26)8-11-9-32-18-14(17(28)25(18)15(11)19(29)30)23-16(27)13(24-31-2)12-10-33-20(21)22-12/h10,14,18H,3-9H2,1-2H3,(H3-,21,22,23,27,29,30)/p+1/b24-13-/t14?,18-/m1/s1. The highest BCUT2D eigenvalue weighted by molar-refractivity contribution is 8.00. The molecule has 0 spiro atoms. The van der Waals surface area contributed by atoms with E-state index in [1.165, 1.54) is 30.2 Å². The van der Waals surface area contributed by atoms with E-state index in [9.17, 15) is 19.5 Å². The maximum Gasteiger partial charge on any atom is 0.352 e. The molecule has 0 aromatic carbocycles. The zero-order chi connectivity index (χ0) is 23.8. The molecule has 2 atom stereocenters. The van der Waals surface area contributed by atoms with Crippen LogP contribution in [0.2, 0.25) is 0 Å². The number of nitrogens with zero attached hydrogens (tertiary/aromatic N) is 4. The highest BCUT2D eigenvalue weighted by atomic mass is 32.2. The van der Waals surface area contributed by atoms with E-state index in [1.807, 2.05) is 0 Å². The van der Waals surface area contributed by atoms with Crippen molar-refractivity contribution in [2.45, 2.75) is 30.7 Å². The second kappa shape index (κ2) is 9.31. The number of aliphatic carboxylic acids is 1. The fourth-order valence-electron chi connectivity index (χ4n) is 4.60. The Labute approximate surface area is 199 Å². The predicted molar refractivity (Wildman–Crippen MR) is 124 cm³/mol. The van der Waals surface area contributed by atoms with E-state index in [2.05, 4.69) is 22.5 Å². The smallest absolute Gasteiger partial charge is 0.352 e. The number of carbonyl (C=O) groups excluding carboxylic acids is 2. The first-order valence-corrected chi connectivity index (χ1v) is 12.5. The number of piperidine rings is 1. The second-order valence-corrected chi connectivity index (χ2v) is 10.6. The maximum absolute atomic E-state index is 13.0. The molecule has 2 fully saturated rings. The molecule has 1 aromatic heterocycles. The van der Waals surface area contributed by atoms with Crippen molar-refractivity contribution < 1.29 is 28.8 Å². The minimum atomic E-state index is -1.11. The van der Waals surface area contributed by atoms with Crippen LogP contribution in [0.4, 0.5) is 5.13 Å². The largest absolute Gasteiger partial charge is 0.477 e. The van der Waals surface area contributed by atoms with Crippen LogP contribution in [0.25, 0.3) is 0 Å². The number of hydrogen-bond acceptors (Lipinski definition) is 9. The van der Waals surface area contributed by atoms with E-state index in [0.29, 0.717) is 12.3 Å². The van der Waals surface area contributed by atoms with Gasteiger partial charge in [0.25, 0.3) is 11.8 Å². The number of nitrogen functional groups attached to an aromatic ring is 1. The van der Waals surface area contributed by atoms with Gasteiger partial charge in [-0.25, -0.2) is 9.78 Å². The number of nitrogens with one attached hydrogen (secondary N) is 1. The molecule has 13 heteroatoms. The van der Waals surface area contributed by atoms with E-state index in [4.69, 9.17) is 10.6 Å². The number of anilines is 1. The molecule has 0 saturated carbocycles. The van der Waals surface area contributed by atoms with Crippen LogP contribution in [0.3, 0.4) is 0 Å². The van der Waals surface area contributed by atoms with Gasteiger partial charge >= 0.3 is 5.97 Å². The highest BCUT2D eigenvalue weighted by Gasteiger charge is 2.55. The zero-order valence-electron chi connectivity index (χ0n) is 18.4. The van der Waals surface area contributed by atoms with Gasteiger partial charge in [-0.2, -0.15) is 0 Å². The Kier molecular flexibility index (Phi) is 6.64. The first-order chi connectivity index (χ1) is 15.7. The lowest BCUT2D eigenvalue weighted by molar-refractivity contribution is -0.909. The second-order valence-electron chi connectivity index (χ2n) is 8.60. The Morgan fingerprint density at radius 3 is 2.73 bits per heavy atom. The lowest BCUT2D eigenvalue weighted by Gasteiger charge is -2.50. The minimum absolute atomic E-state index is 0.0530. The van der Waals surface area contributed by atoms with Crippen molar-refractivity contribution >= 4 is 51.7 Å². The molecule has 3 aliphatic heterocycles. The summed E-state index contributed by atoms with van der Waals surface area (Å²) in [6.07, 6.45) is 3.44. The van der Waals surface area contributed by atoms with E-state index >= 15 is 0 Å². The number of oxime groups is 1. The van der Waals surface area contributed by atoms with Gasteiger partial charge in [-0.05, 0) is 19.3 Å². The number of rotatable bonds is 7. The van der Waals surface area contributed by atoms with Gasteiger partial charge in [-0.1, -0.05) is 5.16 Å². The number of likely N-dealkylation sites (N-methyl/N-ethyl adjacent to an activating group) is 1. The molecule has 4 heterocycles. The number of nitrogens with two attached hydrogens (primary N) is 1. The first-order valence-electron chi connectivity index (χ1n) is 10.6. The lowest BCUT2D eigenvalue weighted by atomic mass is 10.0. The number of carboxylic acids is 1. The number of thioether (sulfide) groups is 1. The Morgan fingerprint density at radius 2 is 2.12 bits per heavy atom. The van der Waals surface area contributed by atoms with Gasteiger partial charge in [-0.15, -0.1) is 23.1 Å². The maximum atomic E-state index is 13.0. The molecule has 1 unspecified atom stereocenters. The third-order valence-corrected chi connectivity index (χ3v) is 8.18. The number of β-lactam (4-membered cyclic amide) rings is 1. The van der Waals surface area contributed by atoms with Gasteiger partial charge in [0.05, 0.1) is 20.1 Å². The summed E-state index contributed by atoms with van der Waals surface area (Å²) < 4.78 is 0.785. The number of carboxylic acid groups (broad SMARTS) is 1. The number of quaternary nitrogens is 1. The van der Waals surface area contributed by atoms with Gasteiger partial charge in [0.2, 0.25) is 0 Å². The lowest BCUT2D eigenvalue weighted by Crippen LogP contribution is -2.71. The van der Waals surface area contributed by atoms with E-state index in [0.717, 1.165) is 47.3 Å². The number of carbonyl (C=O) groups is 3. The third-order valence-electron chi connectivity index (χ3n) is 6.17. The van der Waals surface area contributed by atoms with Crippen molar-refractivity contribution in [3.63, 3.8) is 0 Å². The van der Waals surface area contributed by atoms with Crippen LogP contribution in [-0.2, 0) is 19.2 Å². The minimum Gasteiger partial charge on any atom is -0.477 e. The molecular formula is C20H27N6O5S2+. The first kappa shape index (κ1) is 23.5. The molecule has 4 N–H and O–H groups in total. The monoisotopic (exact) mass is 495 g/mol. The molecule has 2 amide bonds. The third kappa shape index (κ3) is 4.57. The molecule has 3 aliphatic rings. The van der Waals surface area contributed by atoms with Crippen LogP contribution in [0.15, 0.2) is 21.8 Å². The van der Waals surface area contributed by atoms with Crippen molar-refractivity contribution in [1.82, 2.24) is 15.2 Å². The summed E-state index contributed by atoms with van der Waals surface area (Å²) in [7, 11) is 3.44. The van der Waals surface area contributed by atoms with Crippen LogP contribution in [0.5, 0.6) is 0 Å². The van der Waals surface area contributed by atoms with Crippen LogP contribution >= 0.6 is 23.1 Å². The molecule has 4 rings (SSSR count). The summed E-state index contributed by atoms with van der Waals surface area (Å²) in [6.45, 7) is 2.61. The molecule has 0 bridgehead atoms. The van der Waals surface area contributed by atoms with E-state index < -0.39 is 29.2 Å². The molecule has 178 valence electrons. The van der Waals surface area contributed by atoms with Crippen molar-refractivity contribution in [3.05, 3.63) is 22.3 Å². The fraction of sp³-hybridized carbons (Fsp3) is 0.550. The fourth-order valence-corrected chi connectivity index (χ4v) is 6.48. The summed E-state index contributed by atoms with van der Waals surface area (Å²) >= 11 is 2.61. The zero-order valence-corrected chi connectivity index (χ0v) is 20.1. The van der Waals surface area contributed by atoms with Crippen LogP contribution in [0, 0.1) is 0 Å². The highest BCUT2D eigenvalue weighted by Crippen LogP contribution is 2.41. The van der Waals surface area contributed by atoms with Crippen molar-refractivity contribution in [1.29, 1.82) is 0 Å². The van der Waals surface area contributed by atoms with Crippen LogP contribution < -0.4 is 11.1 Å². The number of amides is 2. The summed E-state index contributed by atoms with van der Waals surface area (Å²) in [5.74, 6) is -1.71. The molecule has 0 radical (unpaired) electrons. The molecule has 0 aliphatic carbocycles. The van der Waals surface area contributed by atoms with Crippen molar-refractivity contribution in [2.24, 2.45) is 5.16 Å². The van der Waals surface area contributed by atoms with Gasteiger partial charge in [0.15, 0.2) is 10.8 Å². The molecule has 11 nitrogen and oxygen atoms in total. The quantitative estimate of drug-likeness (QED) is 0.214. The van der Waals surface area contributed by atoms with Gasteiger partial charge in [0.1, 0.15) is 36.5 Å². The average molecular weight is 496 g/mol. The van der Waals surface area contributed by atoms with Crippen molar-refractivity contribution in [2.75, 3.05) is 45.3 Å². The summed E-state index contributed by atoms with van der Waals surface area (Å²) in [6, 6.07) is -0.865. The average Bonchev–Trinajstić information content (AvgIpc) is 3.21. The van der Waals surface area contributed by atoms with Gasteiger partial charge < -0.3 is 25.5 Å². The van der Waals surface area contributed by atoms with Gasteiger partial charge in [-0.3, -0.25) is 14.5 Å². The van der Waals surface area contributed by atoms with Crippen LogP contribution in [-0.4, -0.2) is 93.9 Å². The summed E-state index contributed by atoms with van der Waals surface area (Å²) in [5.41, 5.74) is 6.61.